The topological polar surface area (TPSA) is 39.7 Å². The number of hydrogen-bond donors (Lipinski definition) is 1. The van der Waals surface area contributed by atoms with Gasteiger partial charge in [-0.1, -0.05) is 30.4 Å². The van der Waals surface area contributed by atoms with Crippen molar-refractivity contribution in [2.45, 2.75) is 31.1 Å². The normalized spacial score (nSPS) is 24.1. The molecule has 2 aliphatic rings. The van der Waals surface area contributed by atoms with Crippen molar-refractivity contribution in [1.29, 1.82) is 0 Å². The summed E-state index contributed by atoms with van der Waals surface area (Å²) in [6.07, 6.45) is 7.49. The standard InChI is InChI=1S/C17H23NO3/c1-19-15-8-3-2-6-14(15)7-5-11-18-16-9-4-10-17(16)20-12-13-21-17/h2-3,5-8,16,18H,4,9-13H2,1H3. The van der Waals surface area contributed by atoms with Crippen LogP contribution in [0.4, 0.5) is 0 Å². The van der Waals surface area contributed by atoms with E-state index in [1.807, 2.05) is 18.2 Å². The molecule has 1 aliphatic heterocycles. The van der Waals surface area contributed by atoms with Crippen LogP contribution in [-0.2, 0) is 9.47 Å². The van der Waals surface area contributed by atoms with Gasteiger partial charge in [0.1, 0.15) is 5.75 Å². The van der Waals surface area contributed by atoms with Crippen molar-refractivity contribution in [3.63, 3.8) is 0 Å². The van der Waals surface area contributed by atoms with E-state index in [2.05, 4.69) is 23.5 Å². The fourth-order valence-electron chi connectivity index (χ4n) is 3.22. The second-order valence-electron chi connectivity index (χ2n) is 5.51. The molecule has 114 valence electrons. The highest BCUT2D eigenvalue weighted by molar-refractivity contribution is 5.57. The molecule has 0 radical (unpaired) electrons. The minimum atomic E-state index is -0.363. The molecule has 1 saturated heterocycles. The van der Waals surface area contributed by atoms with E-state index in [4.69, 9.17) is 14.2 Å². The minimum Gasteiger partial charge on any atom is -0.496 e. The van der Waals surface area contributed by atoms with Gasteiger partial charge < -0.3 is 19.5 Å². The van der Waals surface area contributed by atoms with Crippen molar-refractivity contribution in [1.82, 2.24) is 5.32 Å². The van der Waals surface area contributed by atoms with Gasteiger partial charge in [0, 0.05) is 18.5 Å². The van der Waals surface area contributed by atoms with E-state index < -0.39 is 0 Å². The summed E-state index contributed by atoms with van der Waals surface area (Å²) in [6.45, 7) is 2.24. The Kier molecular flexibility index (Phi) is 4.58. The van der Waals surface area contributed by atoms with Crippen LogP contribution in [0.25, 0.3) is 6.08 Å². The Bertz CT molecular complexity index is 489. The van der Waals surface area contributed by atoms with Crippen LogP contribution in [-0.4, -0.2) is 38.7 Å². The van der Waals surface area contributed by atoms with Crippen molar-refractivity contribution in [2.75, 3.05) is 26.9 Å². The minimum absolute atomic E-state index is 0.294. The fourth-order valence-corrected chi connectivity index (χ4v) is 3.22. The number of rotatable bonds is 5. The van der Waals surface area contributed by atoms with Crippen molar-refractivity contribution in [3.05, 3.63) is 35.9 Å². The first kappa shape index (κ1) is 14.6. The Labute approximate surface area is 126 Å². The molecule has 1 saturated carbocycles. The van der Waals surface area contributed by atoms with Gasteiger partial charge in [0.15, 0.2) is 5.79 Å². The average molecular weight is 289 g/mol. The molecular weight excluding hydrogens is 266 g/mol. The highest BCUT2D eigenvalue weighted by Crippen LogP contribution is 2.37. The van der Waals surface area contributed by atoms with Crippen LogP contribution in [0.15, 0.2) is 30.3 Å². The van der Waals surface area contributed by atoms with Crippen LogP contribution in [0.2, 0.25) is 0 Å². The molecule has 21 heavy (non-hydrogen) atoms. The van der Waals surface area contributed by atoms with Crippen LogP contribution >= 0.6 is 0 Å². The summed E-state index contributed by atoms with van der Waals surface area (Å²) in [4.78, 5) is 0. The van der Waals surface area contributed by atoms with E-state index in [1.165, 1.54) is 0 Å². The smallest absolute Gasteiger partial charge is 0.183 e. The van der Waals surface area contributed by atoms with Crippen molar-refractivity contribution in [3.8, 4) is 5.75 Å². The highest BCUT2D eigenvalue weighted by Gasteiger charge is 2.47. The molecule has 3 rings (SSSR count). The van der Waals surface area contributed by atoms with Crippen LogP contribution in [0.5, 0.6) is 5.75 Å². The van der Waals surface area contributed by atoms with Gasteiger partial charge in [-0.3, -0.25) is 0 Å². The monoisotopic (exact) mass is 289 g/mol. The van der Waals surface area contributed by atoms with Gasteiger partial charge in [0.25, 0.3) is 0 Å². The Morgan fingerprint density at radius 2 is 2.14 bits per heavy atom. The predicted octanol–water partition coefficient (Wildman–Crippen LogP) is 2.59. The summed E-state index contributed by atoms with van der Waals surface area (Å²) < 4.78 is 17.0. The summed E-state index contributed by atoms with van der Waals surface area (Å²) in [5.74, 6) is 0.534. The molecule has 4 heteroatoms. The SMILES string of the molecule is COc1ccccc1C=CCNC1CCCC12OCCO2. The third-order valence-corrected chi connectivity index (χ3v) is 4.24. The molecule has 1 N–H and O–H groups in total. The zero-order valence-electron chi connectivity index (χ0n) is 12.5. The molecule has 1 spiro atoms. The zero-order chi connectivity index (χ0) is 14.5. The lowest BCUT2D eigenvalue weighted by atomic mass is 10.1. The molecule has 1 aromatic carbocycles. The van der Waals surface area contributed by atoms with Gasteiger partial charge in [-0.2, -0.15) is 0 Å². The molecule has 1 aliphatic carbocycles. The Morgan fingerprint density at radius 3 is 2.95 bits per heavy atom. The summed E-state index contributed by atoms with van der Waals surface area (Å²) in [5.41, 5.74) is 1.09. The van der Waals surface area contributed by atoms with Crippen LogP contribution < -0.4 is 10.1 Å². The molecule has 4 nitrogen and oxygen atoms in total. The van der Waals surface area contributed by atoms with Crippen LogP contribution in [0.3, 0.4) is 0 Å². The number of nitrogens with one attached hydrogen (secondary N) is 1. The maximum absolute atomic E-state index is 5.84. The number of ether oxygens (including phenoxy) is 3. The van der Waals surface area contributed by atoms with E-state index in [1.54, 1.807) is 7.11 Å². The quantitative estimate of drug-likeness (QED) is 0.904. The molecule has 1 aromatic rings. The first-order chi connectivity index (χ1) is 10.3. The van der Waals surface area contributed by atoms with E-state index in [0.717, 1.165) is 50.3 Å². The van der Waals surface area contributed by atoms with Gasteiger partial charge in [-0.25, -0.2) is 0 Å². The third-order valence-electron chi connectivity index (χ3n) is 4.24. The number of methoxy groups -OCH3 is 1. The number of hydrogen-bond acceptors (Lipinski definition) is 4. The molecule has 2 fully saturated rings. The van der Waals surface area contributed by atoms with Crippen LogP contribution in [0, 0.1) is 0 Å². The van der Waals surface area contributed by atoms with Crippen molar-refractivity contribution in [2.24, 2.45) is 0 Å². The van der Waals surface area contributed by atoms with Gasteiger partial charge in [-0.05, 0) is 18.9 Å². The van der Waals surface area contributed by atoms with Gasteiger partial charge >= 0.3 is 0 Å². The number of benzene rings is 1. The lowest BCUT2D eigenvalue weighted by Crippen LogP contribution is -2.47. The van der Waals surface area contributed by atoms with E-state index in [-0.39, 0.29) is 5.79 Å². The summed E-state index contributed by atoms with van der Waals surface area (Å²) in [7, 11) is 1.70. The Balaban J connectivity index is 1.55. The Morgan fingerprint density at radius 1 is 1.33 bits per heavy atom. The average Bonchev–Trinajstić information content (AvgIpc) is 3.15. The molecule has 0 aromatic heterocycles. The molecule has 0 amide bonds. The van der Waals surface area contributed by atoms with E-state index >= 15 is 0 Å². The summed E-state index contributed by atoms with van der Waals surface area (Å²) in [6, 6.07) is 8.31. The molecule has 1 heterocycles. The van der Waals surface area contributed by atoms with Crippen molar-refractivity contribution < 1.29 is 14.2 Å². The number of para-hydroxylation sites is 1. The fraction of sp³-hybridized carbons (Fsp3) is 0.529. The molecule has 0 bridgehead atoms. The maximum atomic E-state index is 5.84. The lowest BCUT2D eigenvalue weighted by molar-refractivity contribution is -0.165. The Hall–Kier alpha value is -1.36. The molecule has 1 atom stereocenters. The largest absolute Gasteiger partial charge is 0.496 e. The first-order valence-corrected chi connectivity index (χ1v) is 7.65. The zero-order valence-corrected chi connectivity index (χ0v) is 12.5. The predicted molar refractivity (Wildman–Crippen MR) is 82.3 cm³/mol. The third kappa shape index (κ3) is 3.12. The molecular formula is C17H23NO3. The summed E-state index contributed by atoms with van der Waals surface area (Å²) in [5, 5.41) is 3.54. The van der Waals surface area contributed by atoms with Gasteiger partial charge in [0.2, 0.25) is 0 Å². The van der Waals surface area contributed by atoms with Gasteiger partial charge in [0.05, 0.1) is 26.4 Å². The van der Waals surface area contributed by atoms with E-state index in [0.29, 0.717) is 6.04 Å². The van der Waals surface area contributed by atoms with Crippen LogP contribution in [0.1, 0.15) is 24.8 Å². The highest BCUT2D eigenvalue weighted by atomic mass is 16.7. The maximum Gasteiger partial charge on any atom is 0.183 e. The van der Waals surface area contributed by atoms with Gasteiger partial charge in [-0.15, -0.1) is 0 Å². The lowest BCUT2D eigenvalue weighted by Gasteiger charge is -2.29. The van der Waals surface area contributed by atoms with Crippen molar-refractivity contribution >= 4 is 6.08 Å². The summed E-state index contributed by atoms with van der Waals surface area (Å²) >= 11 is 0. The second kappa shape index (κ2) is 6.60. The molecule has 1 unspecified atom stereocenters. The second-order valence-corrected chi connectivity index (χ2v) is 5.51. The van der Waals surface area contributed by atoms with E-state index in [9.17, 15) is 0 Å². The first-order valence-electron chi connectivity index (χ1n) is 7.65.